The molecule has 0 saturated carbocycles. The summed E-state index contributed by atoms with van der Waals surface area (Å²) in [6.45, 7) is 1.90. The van der Waals surface area contributed by atoms with Gasteiger partial charge >= 0.3 is 0 Å². The van der Waals surface area contributed by atoms with Crippen molar-refractivity contribution in [3.8, 4) is 11.5 Å². The highest BCUT2D eigenvalue weighted by Gasteiger charge is 2.16. The normalized spacial score (nSPS) is 12.3. The summed E-state index contributed by atoms with van der Waals surface area (Å²) in [4.78, 5) is 23.8. The summed E-state index contributed by atoms with van der Waals surface area (Å²) in [5.41, 5.74) is 2.00. The Labute approximate surface area is 185 Å². The molecule has 8 nitrogen and oxygen atoms in total. The number of nitrogens with one attached hydrogen (secondary N) is 2. The summed E-state index contributed by atoms with van der Waals surface area (Å²) in [5.74, 6) is 0.878. The molecule has 0 aliphatic carbocycles. The number of anilines is 1. The van der Waals surface area contributed by atoms with Gasteiger partial charge in [-0.25, -0.2) is 8.42 Å². The Bertz CT molecular complexity index is 1270. The Morgan fingerprint density at radius 1 is 0.875 bits per heavy atom. The van der Waals surface area contributed by atoms with E-state index >= 15 is 0 Å². The average molecular weight is 452 g/mol. The van der Waals surface area contributed by atoms with E-state index in [2.05, 4.69) is 10.0 Å². The number of carbonyl (C=O) groups excluding carboxylic acids is 2. The van der Waals surface area contributed by atoms with Crippen LogP contribution in [0.25, 0.3) is 0 Å². The maximum Gasteiger partial charge on any atom is 0.261 e. The van der Waals surface area contributed by atoms with Crippen molar-refractivity contribution >= 4 is 27.4 Å². The molecule has 1 aliphatic rings. The number of benzene rings is 3. The smallest absolute Gasteiger partial charge is 0.261 e. The zero-order chi connectivity index (χ0) is 22.7. The first kappa shape index (κ1) is 21.4. The summed E-state index contributed by atoms with van der Waals surface area (Å²) >= 11 is 0. The van der Waals surface area contributed by atoms with Crippen molar-refractivity contribution in [2.24, 2.45) is 0 Å². The van der Waals surface area contributed by atoms with E-state index < -0.39 is 10.0 Å². The predicted octanol–water partition coefficient (Wildman–Crippen LogP) is 3.35. The van der Waals surface area contributed by atoms with Gasteiger partial charge in [0.05, 0.1) is 4.90 Å². The number of fused-ring (bicyclic) bond motifs is 1. The van der Waals surface area contributed by atoms with Crippen LogP contribution in [0.3, 0.4) is 0 Å². The second-order valence-electron chi connectivity index (χ2n) is 7.13. The van der Waals surface area contributed by atoms with E-state index in [1.54, 1.807) is 6.07 Å². The fourth-order valence-corrected chi connectivity index (χ4v) is 4.17. The van der Waals surface area contributed by atoms with Gasteiger partial charge in [0.15, 0.2) is 17.3 Å². The van der Waals surface area contributed by atoms with Crippen molar-refractivity contribution in [2.75, 3.05) is 11.5 Å². The van der Waals surface area contributed by atoms with E-state index in [4.69, 9.17) is 9.47 Å². The molecular formula is C23H20N2O6S. The highest BCUT2D eigenvalue weighted by Crippen LogP contribution is 2.32. The number of Topliss-reactive ketones (excluding diaryl/α,β-unsaturated/α-hetero) is 1. The number of sulfonamides is 1. The van der Waals surface area contributed by atoms with Crippen LogP contribution in [-0.2, 0) is 16.6 Å². The molecule has 4 rings (SSSR count). The van der Waals surface area contributed by atoms with E-state index in [-0.39, 0.29) is 23.4 Å². The zero-order valence-electron chi connectivity index (χ0n) is 17.1. The lowest BCUT2D eigenvalue weighted by Gasteiger charge is -2.10. The third kappa shape index (κ3) is 4.73. The molecule has 1 heterocycles. The molecule has 1 amide bonds. The van der Waals surface area contributed by atoms with Crippen molar-refractivity contribution in [3.63, 3.8) is 0 Å². The van der Waals surface area contributed by atoms with Crippen LogP contribution in [0.15, 0.2) is 71.6 Å². The van der Waals surface area contributed by atoms with Crippen LogP contribution in [-0.4, -0.2) is 26.9 Å². The maximum absolute atomic E-state index is 12.5. The minimum atomic E-state index is -3.82. The second kappa shape index (κ2) is 8.72. The van der Waals surface area contributed by atoms with E-state index in [1.807, 2.05) is 12.1 Å². The molecule has 0 unspecified atom stereocenters. The molecular weight excluding hydrogens is 432 g/mol. The fourth-order valence-electron chi connectivity index (χ4n) is 3.11. The third-order valence-corrected chi connectivity index (χ3v) is 6.26. The molecule has 9 heteroatoms. The van der Waals surface area contributed by atoms with Gasteiger partial charge in [0.25, 0.3) is 15.9 Å². The molecule has 32 heavy (non-hydrogen) atoms. The van der Waals surface area contributed by atoms with Crippen LogP contribution >= 0.6 is 0 Å². The van der Waals surface area contributed by atoms with Gasteiger partial charge in [0, 0.05) is 23.4 Å². The van der Waals surface area contributed by atoms with Gasteiger partial charge in [0.2, 0.25) is 6.79 Å². The summed E-state index contributed by atoms with van der Waals surface area (Å²) in [6.07, 6.45) is 0. The molecule has 0 spiro atoms. The fraction of sp³-hybridized carbons (Fsp3) is 0.130. The third-order valence-electron chi connectivity index (χ3n) is 4.86. The van der Waals surface area contributed by atoms with Gasteiger partial charge in [0.1, 0.15) is 0 Å². The predicted molar refractivity (Wildman–Crippen MR) is 117 cm³/mol. The average Bonchev–Trinajstić information content (AvgIpc) is 3.26. The second-order valence-corrected chi connectivity index (χ2v) is 8.82. The molecule has 0 aromatic heterocycles. The van der Waals surface area contributed by atoms with Gasteiger partial charge in [-0.2, -0.15) is 0 Å². The molecule has 1 aliphatic heterocycles. The molecule has 3 aromatic rings. The van der Waals surface area contributed by atoms with Crippen LogP contribution in [0.4, 0.5) is 5.69 Å². The van der Waals surface area contributed by atoms with Crippen LogP contribution in [0.5, 0.6) is 11.5 Å². The highest BCUT2D eigenvalue weighted by atomic mass is 32.2. The van der Waals surface area contributed by atoms with E-state index in [1.165, 1.54) is 55.5 Å². The number of rotatable bonds is 7. The van der Waals surface area contributed by atoms with Gasteiger partial charge in [-0.05, 0) is 61.0 Å². The molecule has 0 radical (unpaired) electrons. The Balaban J connectivity index is 1.37. The van der Waals surface area contributed by atoms with Crippen LogP contribution in [0.2, 0.25) is 0 Å². The molecule has 0 atom stereocenters. The zero-order valence-corrected chi connectivity index (χ0v) is 17.9. The number of ether oxygens (including phenoxy) is 2. The standard InChI is InChI=1S/C23H20N2O6S/c1-15(26)17-5-9-20(10-6-17)32(28,29)25-19-7-3-18(4-8-19)23(27)24-13-16-2-11-21-22(12-16)31-14-30-21/h2-12,25H,13-14H2,1H3,(H,24,27). The van der Waals surface area contributed by atoms with Gasteiger partial charge in [-0.1, -0.05) is 18.2 Å². The largest absolute Gasteiger partial charge is 0.454 e. The SMILES string of the molecule is CC(=O)c1ccc(S(=O)(=O)Nc2ccc(C(=O)NCc3ccc4c(c3)OCO4)cc2)cc1. The summed E-state index contributed by atoms with van der Waals surface area (Å²) in [7, 11) is -3.82. The van der Waals surface area contributed by atoms with E-state index in [0.29, 0.717) is 34.9 Å². The Kier molecular flexibility index (Phi) is 5.83. The maximum atomic E-state index is 12.5. The summed E-state index contributed by atoms with van der Waals surface area (Å²) in [5, 5.41) is 2.81. The van der Waals surface area contributed by atoms with Crippen molar-refractivity contribution in [2.45, 2.75) is 18.4 Å². The highest BCUT2D eigenvalue weighted by molar-refractivity contribution is 7.92. The van der Waals surface area contributed by atoms with Crippen LogP contribution in [0.1, 0.15) is 33.2 Å². The number of hydrogen-bond donors (Lipinski definition) is 2. The van der Waals surface area contributed by atoms with E-state index in [0.717, 1.165) is 5.56 Å². The molecule has 0 bridgehead atoms. The van der Waals surface area contributed by atoms with Gasteiger partial charge in [-0.15, -0.1) is 0 Å². The van der Waals surface area contributed by atoms with Crippen molar-refractivity contribution in [1.29, 1.82) is 0 Å². The van der Waals surface area contributed by atoms with Crippen molar-refractivity contribution in [3.05, 3.63) is 83.4 Å². The van der Waals surface area contributed by atoms with Crippen LogP contribution in [0, 0.1) is 0 Å². The number of ketones is 1. The van der Waals surface area contributed by atoms with Crippen molar-refractivity contribution < 1.29 is 27.5 Å². The quantitative estimate of drug-likeness (QED) is 0.532. The number of amides is 1. The first-order valence-electron chi connectivity index (χ1n) is 9.72. The first-order chi connectivity index (χ1) is 15.3. The molecule has 164 valence electrons. The minimum absolute atomic E-state index is 0.0352. The van der Waals surface area contributed by atoms with Gasteiger partial charge < -0.3 is 14.8 Å². The topological polar surface area (TPSA) is 111 Å². The minimum Gasteiger partial charge on any atom is -0.454 e. The molecule has 0 fully saturated rings. The lowest BCUT2D eigenvalue weighted by molar-refractivity contribution is 0.0950. The Morgan fingerprint density at radius 3 is 2.22 bits per heavy atom. The lowest BCUT2D eigenvalue weighted by Crippen LogP contribution is -2.22. The lowest BCUT2D eigenvalue weighted by atomic mass is 10.1. The van der Waals surface area contributed by atoms with Crippen LogP contribution < -0.4 is 19.5 Å². The first-order valence-corrected chi connectivity index (χ1v) is 11.2. The van der Waals surface area contributed by atoms with E-state index in [9.17, 15) is 18.0 Å². The van der Waals surface area contributed by atoms with Gasteiger partial charge in [-0.3, -0.25) is 14.3 Å². The molecule has 2 N–H and O–H groups in total. The van der Waals surface area contributed by atoms with Crippen molar-refractivity contribution in [1.82, 2.24) is 5.32 Å². The monoisotopic (exact) mass is 452 g/mol. The summed E-state index contributed by atoms with van der Waals surface area (Å²) in [6, 6.07) is 17.2. The Hall–Kier alpha value is -3.85. The summed E-state index contributed by atoms with van der Waals surface area (Å²) < 4.78 is 38.1. The molecule has 3 aromatic carbocycles. The Morgan fingerprint density at radius 2 is 1.53 bits per heavy atom. The number of hydrogen-bond acceptors (Lipinski definition) is 6. The molecule has 0 saturated heterocycles. The number of carbonyl (C=O) groups is 2.